The Morgan fingerprint density at radius 3 is 2.21 bits per heavy atom. The summed E-state index contributed by atoms with van der Waals surface area (Å²) in [7, 11) is 0. The first-order valence-corrected chi connectivity index (χ1v) is 11.3. The van der Waals surface area contributed by atoms with Crippen LogP contribution in [0.2, 0.25) is 0 Å². The lowest BCUT2D eigenvalue weighted by molar-refractivity contribution is 0.0697. The number of hydrogen-bond acceptors (Lipinski definition) is 3. The molecule has 0 aromatic heterocycles. The maximum atomic E-state index is 11.4. The van der Waals surface area contributed by atoms with Gasteiger partial charge < -0.3 is 14.7 Å². The number of benzene rings is 2. The molecule has 0 atom stereocenters. The summed E-state index contributed by atoms with van der Waals surface area (Å²) in [5, 5.41) is 9.04. The number of carbonyl (C=O) groups excluding carboxylic acids is 1. The molecular weight excluding hydrogens is 414 g/mol. The molecular formula is C28H37NO4. The average molecular weight is 452 g/mol. The number of allylic oxidation sites excluding steroid dienone is 5. The van der Waals surface area contributed by atoms with Crippen LogP contribution in [0.15, 0.2) is 85.5 Å². The van der Waals surface area contributed by atoms with E-state index in [4.69, 9.17) is 9.84 Å². The molecule has 1 saturated heterocycles. The third kappa shape index (κ3) is 11.0. The van der Waals surface area contributed by atoms with E-state index in [1.807, 2.05) is 89.3 Å². The maximum absolute atomic E-state index is 11.4. The Hall–Kier alpha value is -3.60. The quantitative estimate of drug-likeness (QED) is 0.466. The summed E-state index contributed by atoms with van der Waals surface area (Å²) in [5.41, 5.74) is 3.07. The lowest BCUT2D eigenvalue weighted by atomic mass is 10.0. The lowest BCUT2D eigenvalue weighted by Crippen LogP contribution is -2.23. The van der Waals surface area contributed by atoms with Gasteiger partial charge in [-0.25, -0.2) is 9.59 Å². The molecule has 2 aromatic carbocycles. The van der Waals surface area contributed by atoms with E-state index in [9.17, 15) is 9.59 Å². The maximum Gasteiger partial charge on any atom is 0.410 e. The van der Waals surface area contributed by atoms with Crippen molar-refractivity contribution in [3.8, 4) is 11.1 Å². The molecule has 0 spiro atoms. The number of carboxylic acids is 1. The predicted octanol–water partition coefficient (Wildman–Crippen LogP) is 7.36. The smallest absolute Gasteiger partial charge is 0.410 e. The van der Waals surface area contributed by atoms with Gasteiger partial charge in [-0.1, -0.05) is 101 Å². The van der Waals surface area contributed by atoms with Gasteiger partial charge in [-0.2, -0.15) is 0 Å². The highest BCUT2D eigenvalue weighted by molar-refractivity contribution is 5.89. The second-order valence-electron chi connectivity index (χ2n) is 6.27. The molecule has 33 heavy (non-hydrogen) atoms. The number of carbonyl (C=O) groups is 2. The summed E-state index contributed by atoms with van der Waals surface area (Å²) < 4.78 is 4.90. The van der Waals surface area contributed by atoms with Crippen molar-refractivity contribution >= 4 is 12.1 Å². The van der Waals surface area contributed by atoms with Gasteiger partial charge in [0.05, 0.1) is 12.1 Å². The van der Waals surface area contributed by atoms with Crippen LogP contribution >= 0.6 is 0 Å². The fourth-order valence-electron chi connectivity index (χ4n) is 2.68. The number of rotatable bonds is 6. The van der Waals surface area contributed by atoms with Crippen molar-refractivity contribution < 1.29 is 19.4 Å². The zero-order valence-corrected chi connectivity index (χ0v) is 20.5. The Balaban J connectivity index is 0.000000793. The van der Waals surface area contributed by atoms with Crippen molar-refractivity contribution in [1.82, 2.24) is 4.90 Å². The van der Waals surface area contributed by atoms with Gasteiger partial charge in [0.1, 0.15) is 6.61 Å². The van der Waals surface area contributed by atoms with Crippen molar-refractivity contribution in [1.29, 1.82) is 0 Å². The topological polar surface area (TPSA) is 66.8 Å². The molecule has 1 aliphatic heterocycles. The molecule has 3 rings (SSSR count). The van der Waals surface area contributed by atoms with Crippen LogP contribution in [0.5, 0.6) is 0 Å². The fraction of sp³-hybridized carbons (Fsp3) is 0.286. The van der Waals surface area contributed by atoms with Crippen molar-refractivity contribution in [3.05, 3.63) is 96.6 Å². The highest BCUT2D eigenvalue weighted by atomic mass is 16.6. The van der Waals surface area contributed by atoms with Gasteiger partial charge in [-0.3, -0.25) is 0 Å². The van der Waals surface area contributed by atoms with Crippen molar-refractivity contribution in [2.75, 3.05) is 13.2 Å². The molecule has 178 valence electrons. The number of aromatic carboxylic acids is 1. The van der Waals surface area contributed by atoms with Gasteiger partial charge in [0.2, 0.25) is 0 Å². The standard InChI is InChI=1S/C17H15NO4.C7H10.2C2H6/c19-16(20)15-3-1-2-14(10-15)13-6-4-12(5-7-13)11-18-8-9-22-17(18)21;1-3-5-7-6-4-2;2*1-2/h1-7,10H,8-9,11H2,(H,19,20);3-7H,1H2,2H3;2*1-2H3/b;6-4-,7-5-;;. The first-order valence-electron chi connectivity index (χ1n) is 11.3. The van der Waals surface area contributed by atoms with Crippen LogP contribution in [0.25, 0.3) is 11.1 Å². The minimum absolute atomic E-state index is 0.265. The molecule has 1 aliphatic rings. The van der Waals surface area contributed by atoms with E-state index in [0.717, 1.165) is 16.7 Å². The molecule has 5 nitrogen and oxygen atoms in total. The molecule has 1 amide bonds. The summed E-state index contributed by atoms with van der Waals surface area (Å²) in [6, 6.07) is 14.6. The monoisotopic (exact) mass is 451 g/mol. The van der Waals surface area contributed by atoms with Crippen LogP contribution in [0, 0.1) is 0 Å². The van der Waals surface area contributed by atoms with E-state index in [0.29, 0.717) is 19.7 Å². The van der Waals surface area contributed by atoms with E-state index < -0.39 is 5.97 Å². The zero-order valence-electron chi connectivity index (χ0n) is 20.5. The van der Waals surface area contributed by atoms with Crippen LogP contribution in [-0.2, 0) is 11.3 Å². The molecule has 0 bridgehead atoms. The van der Waals surface area contributed by atoms with Gasteiger partial charge in [0, 0.05) is 6.54 Å². The summed E-state index contributed by atoms with van der Waals surface area (Å²) in [6.07, 6.45) is 9.23. The van der Waals surface area contributed by atoms with Crippen molar-refractivity contribution in [2.24, 2.45) is 0 Å². The molecule has 1 heterocycles. The van der Waals surface area contributed by atoms with Crippen LogP contribution < -0.4 is 0 Å². The number of nitrogens with zero attached hydrogens (tertiary/aromatic N) is 1. The van der Waals surface area contributed by atoms with E-state index in [-0.39, 0.29) is 11.7 Å². The first kappa shape index (κ1) is 29.4. The second kappa shape index (κ2) is 18.0. The molecule has 2 aromatic rings. The third-order valence-electron chi connectivity index (χ3n) is 4.17. The highest BCUT2D eigenvalue weighted by Crippen LogP contribution is 2.22. The number of carboxylic acid groups (broad SMARTS) is 1. The third-order valence-corrected chi connectivity index (χ3v) is 4.17. The Kier molecular flexibility index (Phi) is 16.1. The largest absolute Gasteiger partial charge is 0.478 e. The Bertz CT molecular complexity index is 898. The summed E-state index contributed by atoms with van der Waals surface area (Å²) >= 11 is 0. The second-order valence-corrected chi connectivity index (χ2v) is 6.27. The van der Waals surface area contributed by atoms with Gasteiger partial charge >= 0.3 is 12.1 Å². The minimum atomic E-state index is -0.939. The van der Waals surface area contributed by atoms with E-state index in [1.54, 1.807) is 29.2 Å². The highest BCUT2D eigenvalue weighted by Gasteiger charge is 2.21. The molecule has 0 unspecified atom stereocenters. The predicted molar refractivity (Wildman–Crippen MR) is 137 cm³/mol. The van der Waals surface area contributed by atoms with Crippen molar-refractivity contribution in [3.63, 3.8) is 0 Å². The van der Waals surface area contributed by atoms with Gasteiger partial charge in [-0.05, 0) is 35.7 Å². The van der Waals surface area contributed by atoms with Crippen LogP contribution in [0.1, 0.15) is 50.5 Å². The number of ether oxygens (including phenoxy) is 1. The van der Waals surface area contributed by atoms with E-state index in [2.05, 4.69) is 6.58 Å². The molecule has 0 aliphatic carbocycles. The fourth-order valence-corrected chi connectivity index (χ4v) is 2.68. The molecule has 0 radical (unpaired) electrons. The van der Waals surface area contributed by atoms with E-state index >= 15 is 0 Å². The average Bonchev–Trinajstić information content (AvgIpc) is 3.27. The normalized spacial score (nSPS) is 12.0. The lowest BCUT2D eigenvalue weighted by Gasteiger charge is -2.12. The summed E-state index contributed by atoms with van der Waals surface area (Å²) in [6.45, 7) is 15.1. The number of cyclic esters (lactones) is 1. The summed E-state index contributed by atoms with van der Waals surface area (Å²) in [5.74, 6) is -0.939. The molecule has 0 saturated carbocycles. The Morgan fingerprint density at radius 2 is 1.70 bits per heavy atom. The van der Waals surface area contributed by atoms with E-state index in [1.165, 1.54) is 0 Å². The van der Waals surface area contributed by atoms with Gasteiger partial charge in [0.15, 0.2) is 0 Å². The van der Waals surface area contributed by atoms with Gasteiger partial charge in [-0.15, -0.1) is 0 Å². The summed E-state index contributed by atoms with van der Waals surface area (Å²) in [4.78, 5) is 24.1. The molecule has 5 heteroatoms. The van der Waals surface area contributed by atoms with Crippen LogP contribution in [-0.4, -0.2) is 35.2 Å². The molecule has 1 N–H and O–H groups in total. The number of hydrogen-bond donors (Lipinski definition) is 1. The van der Waals surface area contributed by atoms with Crippen molar-refractivity contribution in [2.45, 2.75) is 41.2 Å². The first-order chi connectivity index (χ1) is 16.0. The Labute approximate surface area is 198 Å². The zero-order chi connectivity index (χ0) is 25.1. The minimum Gasteiger partial charge on any atom is -0.478 e. The van der Waals surface area contributed by atoms with Gasteiger partial charge in [0.25, 0.3) is 0 Å². The Morgan fingerprint density at radius 1 is 1.03 bits per heavy atom. The SMILES string of the molecule is C=C/C=C\C=C/C.CC.CC.O=C(O)c1cccc(-c2ccc(CN3CCOC3=O)cc2)c1. The molecule has 1 fully saturated rings. The van der Waals surface area contributed by atoms with Crippen LogP contribution in [0.3, 0.4) is 0 Å². The van der Waals surface area contributed by atoms with Crippen LogP contribution in [0.4, 0.5) is 4.79 Å². The number of amides is 1.